The molecule has 0 heterocycles. The Morgan fingerprint density at radius 2 is 2.20 bits per heavy atom. The molecular weight excluding hydrogens is 197 g/mol. The minimum Gasteiger partial charge on any atom is -0.350 e. The van der Waals surface area contributed by atoms with Gasteiger partial charge in [-0.15, -0.1) is 0 Å². The molecule has 2 amide bonds. The van der Waals surface area contributed by atoms with E-state index in [9.17, 15) is 9.18 Å². The van der Waals surface area contributed by atoms with Gasteiger partial charge in [0.15, 0.2) is 0 Å². The lowest BCUT2D eigenvalue weighted by atomic mass is 10.1. The molecule has 3 N–H and O–H groups in total. The second-order valence-corrected chi connectivity index (χ2v) is 2.87. The number of halogens is 1. The monoisotopic (exact) mass is 209 g/mol. The Bertz CT molecular complexity index is 390. The standard InChI is InChI=1S/C10H12FN3O/c1-2-9(13-14-10(12)15)7-5-3-4-6-8(7)11/h3-6H,2H2,1H3,(H3,12,14,15)/b13-9-. The average molecular weight is 209 g/mol. The normalized spacial score (nSPS) is 11.2. The molecule has 1 aromatic rings. The van der Waals surface area contributed by atoms with Crippen molar-refractivity contribution in [3.63, 3.8) is 0 Å². The molecule has 0 aromatic heterocycles. The zero-order chi connectivity index (χ0) is 11.3. The third kappa shape index (κ3) is 3.05. The Labute approximate surface area is 87.0 Å². The van der Waals surface area contributed by atoms with Gasteiger partial charge >= 0.3 is 6.03 Å². The number of nitrogens with two attached hydrogens (primary N) is 1. The lowest BCUT2D eigenvalue weighted by Crippen LogP contribution is -2.26. The van der Waals surface area contributed by atoms with Crippen LogP contribution in [0.15, 0.2) is 29.4 Å². The van der Waals surface area contributed by atoms with Crippen LogP contribution in [-0.4, -0.2) is 11.7 Å². The van der Waals surface area contributed by atoms with E-state index in [4.69, 9.17) is 5.73 Å². The van der Waals surface area contributed by atoms with Crippen molar-refractivity contribution in [1.82, 2.24) is 5.43 Å². The van der Waals surface area contributed by atoms with Crippen LogP contribution >= 0.6 is 0 Å². The SMILES string of the molecule is CC/C(=N/NC(N)=O)c1ccccc1F. The van der Waals surface area contributed by atoms with Crippen molar-refractivity contribution < 1.29 is 9.18 Å². The topological polar surface area (TPSA) is 67.5 Å². The first-order valence-corrected chi connectivity index (χ1v) is 4.52. The highest BCUT2D eigenvalue weighted by atomic mass is 19.1. The summed E-state index contributed by atoms with van der Waals surface area (Å²) < 4.78 is 13.3. The van der Waals surface area contributed by atoms with Crippen LogP contribution in [0.5, 0.6) is 0 Å². The fourth-order valence-electron chi connectivity index (χ4n) is 1.15. The molecule has 0 saturated heterocycles. The van der Waals surface area contributed by atoms with Crippen LogP contribution < -0.4 is 11.2 Å². The summed E-state index contributed by atoms with van der Waals surface area (Å²) in [5.74, 6) is -0.371. The van der Waals surface area contributed by atoms with Crippen LogP contribution in [0, 0.1) is 5.82 Å². The molecule has 0 bridgehead atoms. The van der Waals surface area contributed by atoms with Gasteiger partial charge in [-0.2, -0.15) is 5.10 Å². The third-order valence-corrected chi connectivity index (χ3v) is 1.82. The maximum absolute atomic E-state index is 13.3. The van der Waals surface area contributed by atoms with Gasteiger partial charge in [-0.3, -0.25) is 0 Å². The van der Waals surface area contributed by atoms with Crippen LogP contribution in [-0.2, 0) is 0 Å². The molecule has 4 nitrogen and oxygen atoms in total. The minimum absolute atomic E-state index is 0.369. The predicted octanol–water partition coefficient (Wildman–Crippen LogP) is 1.61. The Balaban J connectivity index is 2.97. The van der Waals surface area contributed by atoms with Crippen molar-refractivity contribution in [2.24, 2.45) is 10.8 Å². The molecule has 0 atom stereocenters. The molecule has 0 aliphatic carbocycles. The second-order valence-electron chi connectivity index (χ2n) is 2.87. The number of nitrogens with one attached hydrogen (secondary N) is 1. The number of benzene rings is 1. The summed E-state index contributed by atoms with van der Waals surface area (Å²) in [5, 5.41) is 3.72. The Morgan fingerprint density at radius 1 is 1.53 bits per heavy atom. The quantitative estimate of drug-likeness (QED) is 0.576. The Morgan fingerprint density at radius 3 is 2.73 bits per heavy atom. The number of hydrazone groups is 1. The molecule has 80 valence electrons. The molecule has 0 saturated carbocycles. The molecular formula is C10H12FN3O. The molecule has 0 aliphatic rings. The molecule has 0 aliphatic heterocycles. The van der Waals surface area contributed by atoms with E-state index < -0.39 is 6.03 Å². The van der Waals surface area contributed by atoms with Gasteiger partial charge in [-0.05, 0) is 12.5 Å². The molecule has 1 aromatic carbocycles. The number of urea groups is 1. The zero-order valence-electron chi connectivity index (χ0n) is 8.33. The van der Waals surface area contributed by atoms with Gasteiger partial charge in [0.05, 0.1) is 5.71 Å². The summed E-state index contributed by atoms with van der Waals surface area (Å²) in [4.78, 5) is 10.4. The van der Waals surface area contributed by atoms with Crippen LogP contribution in [0.4, 0.5) is 9.18 Å². The highest BCUT2D eigenvalue weighted by molar-refractivity contribution is 6.01. The number of rotatable bonds is 3. The second kappa shape index (κ2) is 5.09. The molecule has 15 heavy (non-hydrogen) atoms. The Hall–Kier alpha value is -1.91. The van der Waals surface area contributed by atoms with Crippen molar-refractivity contribution in [3.8, 4) is 0 Å². The fraction of sp³-hybridized carbons (Fsp3) is 0.200. The zero-order valence-corrected chi connectivity index (χ0v) is 8.33. The van der Waals surface area contributed by atoms with E-state index in [1.807, 2.05) is 6.92 Å². The highest BCUT2D eigenvalue weighted by Gasteiger charge is 2.06. The molecule has 5 heteroatoms. The van der Waals surface area contributed by atoms with E-state index in [-0.39, 0.29) is 5.82 Å². The van der Waals surface area contributed by atoms with Crippen molar-refractivity contribution in [2.75, 3.05) is 0 Å². The minimum atomic E-state index is -0.766. The summed E-state index contributed by atoms with van der Waals surface area (Å²) in [6.45, 7) is 1.81. The lowest BCUT2D eigenvalue weighted by molar-refractivity contribution is 0.249. The van der Waals surface area contributed by atoms with E-state index in [0.717, 1.165) is 0 Å². The maximum atomic E-state index is 13.3. The summed E-state index contributed by atoms with van der Waals surface area (Å²) in [6, 6.07) is 5.46. The van der Waals surface area contributed by atoms with Gasteiger partial charge in [0, 0.05) is 5.56 Å². The first kappa shape index (κ1) is 11.2. The number of amides is 2. The average Bonchev–Trinajstić information content (AvgIpc) is 2.21. The van der Waals surface area contributed by atoms with Gasteiger partial charge in [0.1, 0.15) is 5.82 Å². The van der Waals surface area contributed by atoms with Crippen molar-refractivity contribution in [3.05, 3.63) is 35.6 Å². The van der Waals surface area contributed by atoms with Crippen LogP contribution in [0.3, 0.4) is 0 Å². The highest BCUT2D eigenvalue weighted by Crippen LogP contribution is 2.09. The van der Waals surface area contributed by atoms with E-state index in [0.29, 0.717) is 17.7 Å². The number of hydrogen-bond donors (Lipinski definition) is 2. The van der Waals surface area contributed by atoms with Gasteiger partial charge in [-0.25, -0.2) is 14.6 Å². The summed E-state index contributed by atoms with van der Waals surface area (Å²) >= 11 is 0. The van der Waals surface area contributed by atoms with E-state index >= 15 is 0 Å². The molecule has 0 fully saturated rings. The van der Waals surface area contributed by atoms with Crippen LogP contribution in [0.1, 0.15) is 18.9 Å². The number of carbonyl (C=O) groups excluding carboxylic acids is 1. The largest absolute Gasteiger partial charge is 0.350 e. The third-order valence-electron chi connectivity index (χ3n) is 1.82. The first-order chi connectivity index (χ1) is 7.15. The molecule has 1 rings (SSSR count). The van der Waals surface area contributed by atoms with Crippen molar-refractivity contribution in [2.45, 2.75) is 13.3 Å². The predicted molar refractivity (Wildman–Crippen MR) is 55.9 cm³/mol. The van der Waals surface area contributed by atoms with Gasteiger partial charge < -0.3 is 5.73 Å². The van der Waals surface area contributed by atoms with Crippen molar-refractivity contribution in [1.29, 1.82) is 0 Å². The first-order valence-electron chi connectivity index (χ1n) is 4.52. The number of carbonyl (C=O) groups is 1. The van der Waals surface area contributed by atoms with Crippen LogP contribution in [0.2, 0.25) is 0 Å². The summed E-state index contributed by atoms with van der Waals surface area (Å²) in [6.07, 6.45) is 0.501. The number of primary amides is 1. The summed E-state index contributed by atoms with van der Waals surface area (Å²) in [5.41, 5.74) is 7.76. The molecule has 0 unspecified atom stereocenters. The van der Waals surface area contributed by atoms with Gasteiger partial charge in [0.2, 0.25) is 0 Å². The lowest BCUT2D eigenvalue weighted by Gasteiger charge is -2.04. The molecule has 0 spiro atoms. The van der Waals surface area contributed by atoms with Gasteiger partial charge in [-0.1, -0.05) is 25.1 Å². The number of nitrogens with zero attached hydrogens (tertiary/aromatic N) is 1. The van der Waals surface area contributed by atoms with Gasteiger partial charge in [0.25, 0.3) is 0 Å². The maximum Gasteiger partial charge on any atom is 0.332 e. The van der Waals surface area contributed by atoms with E-state index in [1.165, 1.54) is 6.07 Å². The van der Waals surface area contributed by atoms with Crippen LogP contribution in [0.25, 0.3) is 0 Å². The smallest absolute Gasteiger partial charge is 0.332 e. The fourth-order valence-corrected chi connectivity index (χ4v) is 1.15. The van der Waals surface area contributed by atoms with E-state index in [1.54, 1.807) is 18.2 Å². The van der Waals surface area contributed by atoms with Crippen molar-refractivity contribution >= 4 is 11.7 Å². The Kier molecular flexibility index (Phi) is 3.79. The van der Waals surface area contributed by atoms with E-state index in [2.05, 4.69) is 10.5 Å². The molecule has 0 radical (unpaired) electrons. The number of hydrogen-bond acceptors (Lipinski definition) is 2. The summed E-state index contributed by atoms with van der Waals surface area (Å²) in [7, 11) is 0.